The third-order valence-electron chi connectivity index (χ3n) is 3.27. The molecule has 0 bridgehead atoms. The van der Waals surface area contributed by atoms with Crippen LogP contribution in [-0.2, 0) is 33.2 Å². The summed E-state index contributed by atoms with van der Waals surface area (Å²) in [6.45, 7) is 24.5. The molecule has 32 heavy (non-hydrogen) atoms. The molecule has 0 spiro atoms. The van der Waals surface area contributed by atoms with Gasteiger partial charge < -0.3 is 48.1 Å². The van der Waals surface area contributed by atoms with E-state index in [0.29, 0.717) is 5.75 Å². The van der Waals surface area contributed by atoms with Crippen molar-refractivity contribution >= 4 is 0 Å². The van der Waals surface area contributed by atoms with Crippen molar-refractivity contribution in [3.63, 3.8) is 0 Å². The molecular formula is C22H31O10. The smallest absolute Gasteiger partial charge is 0.192 e. The second-order valence-corrected chi connectivity index (χ2v) is 6.06. The van der Waals surface area contributed by atoms with Gasteiger partial charge in [0, 0.05) is 48.5 Å². The Kier molecular flexibility index (Phi) is 13.9. The van der Waals surface area contributed by atoms with Crippen molar-refractivity contribution in [2.24, 2.45) is 0 Å². The van der Waals surface area contributed by atoms with Crippen LogP contribution < -0.4 is 4.74 Å². The van der Waals surface area contributed by atoms with E-state index in [1.165, 1.54) is 0 Å². The summed E-state index contributed by atoms with van der Waals surface area (Å²) in [4.78, 5) is 0. The summed E-state index contributed by atoms with van der Waals surface area (Å²) in [7, 11) is 0. The van der Waals surface area contributed by atoms with Gasteiger partial charge in [0.15, 0.2) is 50.3 Å². The zero-order chi connectivity index (χ0) is 24.1. The minimum atomic E-state index is -1.32. The van der Waals surface area contributed by atoms with E-state index >= 15 is 0 Å². The second-order valence-electron chi connectivity index (χ2n) is 6.06. The van der Waals surface area contributed by atoms with Crippen LogP contribution >= 0.6 is 0 Å². The molecule has 8 atom stereocenters. The summed E-state index contributed by atoms with van der Waals surface area (Å²) in [6, 6.07) is 8.90. The summed E-state index contributed by atoms with van der Waals surface area (Å²) >= 11 is 0. The molecule has 0 aromatic heterocycles. The molecule has 179 valence electrons. The highest BCUT2D eigenvalue weighted by Gasteiger charge is 2.20. The van der Waals surface area contributed by atoms with Crippen LogP contribution in [0.5, 0.6) is 5.75 Å². The molecule has 0 saturated heterocycles. The van der Waals surface area contributed by atoms with Crippen molar-refractivity contribution in [3.05, 3.63) is 78.8 Å². The van der Waals surface area contributed by atoms with E-state index in [4.69, 9.17) is 43.0 Å². The summed E-state index contributed by atoms with van der Waals surface area (Å²) in [5, 5.41) is 18.8. The molecule has 0 fully saturated rings. The first-order valence-corrected chi connectivity index (χ1v) is 9.49. The third kappa shape index (κ3) is 13.9. The number of hydrogen-bond acceptors (Lipinski definition) is 10. The molecule has 8 unspecified atom stereocenters. The first-order valence-electron chi connectivity index (χ1n) is 9.49. The summed E-state index contributed by atoms with van der Waals surface area (Å²) in [5.74, 6) is 0.574. The maximum atomic E-state index is 9.85. The van der Waals surface area contributed by atoms with Gasteiger partial charge in [-0.05, 0) is 12.1 Å². The Morgan fingerprint density at radius 1 is 0.562 bits per heavy atom. The van der Waals surface area contributed by atoms with E-state index in [2.05, 4.69) is 48.5 Å². The first-order chi connectivity index (χ1) is 15.0. The SMILES string of the molecule is [CH2]C(O)OC([CH2])OC([CH2])OC([CH2])OC([CH2])OC([CH2])OC([CH2])OC(O)COc1ccccc1. The van der Waals surface area contributed by atoms with Gasteiger partial charge in [0.2, 0.25) is 0 Å². The Morgan fingerprint density at radius 2 is 0.938 bits per heavy atom. The van der Waals surface area contributed by atoms with Gasteiger partial charge in [-0.3, -0.25) is 0 Å². The fourth-order valence-corrected chi connectivity index (χ4v) is 2.11. The Balaban J connectivity index is 2.24. The minimum Gasteiger partial charge on any atom is -0.488 e. The van der Waals surface area contributed by atoms with Crippen molar-refractivity contribution in [2.45, 2.75) is 50.3 Å². The molecule has 0 heterocycles. The Morgan fingerprint density at radius 3 is 1.34 bits per heavy atom. The third-order valence-corrected chi connectivity index (χ3v) is 3.27. The summed E-state index contributed by atoms with van der Waals surface area (Å²) in [5.41, 5.74) is 0. The molecule has 2 N–H and O–H groups in total. The average Bonchev–Trinajstić information content (AvgIpc) is 2.65. The van der Waals surface area contributed by atoms with Crippen LogP contribution in [-0.4, -0.2) is 67.1 Å². The van der Waals surface area contributed by atoms with E-state index in [-0.39, 0.29) is 6.61 Å². The van der Waals surface area contributed by atoms with Crippen LogP contribution in [0.25, 0.3) is 0 Å². The van der Waals surface area contributed by atoms with E-state index < -0.39 is 50.3 Å². The van der Waals surface area contributed by atoms with E-state index in [1.807, 2.05) is 6.07 Å². The summed E-state index contributed by atoms with van der Waals surface area (Å²) in [6.07, 6.45) is -9.24. The molecule has 1 rings (SSSR count). The van der Waals surface area contributed by atoms with Gasteiger partial charge in [0.05, 0.1) is 0 Å². The molecule has 0 saturated carbocycles. The molecule has 0 aliphatic heterocycles. The standard InChI is InChI=1S/C22H31O10/c1-14(23)26-15(2)27-16(3)28-17(4)29-18(5)30-19(6)31-20(7)32-22(24)13-25-21-11-9-8-10-12-21/h8-12,14-20,22-24H,1-7,13H2. The lowest BCUT2D eigenvalue weighted by molar-refractivity contribution is -0.320. The molecule has 10 heteroatoms. The van der Waals surface area contributed by atoms with Crippen molar-refractivity contribution in [1.29, 1.82) is 0 Å². The molecule has 0 amide bonds. The van der Waals surface area contributed by atoms with Crippen molar-refractivity contribution < 1.29 is 48.1 Å². The lowest BCUT2D eigenvalue weighted by atomic mass is 10.3. The fraction of sp³-hybridized carbons (Fsp3) is 0.409. The van der Waals surface area contributed by atoms with E-state index in [1.54, 1.807) is 24.3 Å². The molecule has 1 aromatic rings. The Labute approximate surface area is 190 Å². The van der Waals surface area contributed by atoms with Gasteiger partial charge in [0.1, 0.15) is 12.4 Å². The van der Waals surface area contributed by atoms with Gasteiger partial charge in [-0.15, -0.1) is 0 Å². The van der Waals surface area contributed by atoms with Crippen LogP contribution in [0.15, 0.2) is 30.3 Å². The highest BCUT2D eigenvalue weighted by molar-refractivity contribution is 5.20. The number of para-hydroxylation sites is 1. The van der Waals surface area contributed by atoms with Crippen LogP contribution in [0.2, 0.25) is 0 Å². The molecule has 0 aliphatic rings. The lowest BCUT2D eigenvalue weighted by Gasteiger charge is -2.27. The van der Waals surface area contributed by atoms with Gasteiger partial charge in [-0.2, -0.15) is 0 Å². The van der Waals surface area contributed by atoms with Gasteiger partial charge in [-0.1, -0.05) is 18.2 Å². The van der Waals surface area contributed by atoms with Crippen molar-refractivity contribution in [2.75, 3.05) is 6.61 Å². The summed E-state index contributed by atoms with van der Waals surface area (Å²) < 4.78 is 41.3. The zero-order valence-electron chi connectivity index (χ0n) is 17.8. The number of benzene rings is 1. The van der Waals surface area contributed by atoms with Gasteiger partial charge in [-0.25, -0.2) is 0 Å². The van der Waals surface area contributed by atoms with Gasteiger partial charge in [0.25, 0.3) is 0 Å². The fourth-order valence-electron chi connectivity index (χ4n) is 2.11. The van der Waals surface area contributed by atoms with Crippen LogP contribution in [0, 0.1) is 48.5 Å². The number of aliphatic hydroxyl groups excluding tert-OH is 2. The molecule has 10 nitrogen and oxygen atoms in total. The quantitative estimate of drug-likeness (QED) is 0.336. The zero-order valence-corrected chi connectivity index (χ0v) is 17.8. The Bertz CT molecular complexity index is 587. The monoisotopic (exact) mass is 455 g/mol. The Hall–Kier alpha value is -1.34. The number of aliphatic hydroxyl groups is 2. The van der Waals surface area contributed by atoms with Gasteiger partial charge >= 0.3 is 0 Å². The van der Waals surface area contributed by atoms with E-state index in [0.717, 1.165) is 0 Å². The average molecular weight is 455 g/mol. The topological polar surface area (TPSA) is 114 Å². The predicted octanol–water partition coefficient (Wildman–Crippen LogP) is 1.61. The van der Waals surface area contributed by atoms with Crippen LogP contribution in [0.4, 0.5) is 0 Å². The van der Waals surface area contributed by atoms with Crippen LogP contribution in [0.3, 0.4) is 0 Å². The normalized spacial score (nSPS) is 19.4. The molecule has 0 aliphatic carbocycles. The van der Waals surface area contributed by atoms with Crippen LogP contribution in [0.1, 0.15) is 0 Å². The number of rotatable bonds is 17. The first kappa shape index (κ1) is 28.7. The predicted molar refractivity (Wildman–Crippen MR) is 112 cm³/mol. The van der Waals surface area contributed by atoms with Crippen molar-refractivity contribution in [1.82, 2.24) is 0 Å². The molecule has 7 radical (unpaired) electrons. The highest BCUT2D eigenvalue weighted by atomic mass is 16.9. The number of hydrogen-bond donors (Lipinski definition) is 2. The van der Waals surface area contributed by atoms with Crippen molar-refractivity contribution in [3.8, 4) is 5.75 Å². The molecular weight excluding hydrogens is 424 g/mol. The van der Waals surface area contributed by atoms with E-state index in [9.17, 15) is 5.11 Å². The lowest BCUT2D eigenvalue weighted by Crippen LogP contribution is -2.34. The molecule has 1 aromatic carbocycles. The maximum Gasteiger partial charge on any atom is 0.192 e. The minimum absolute atomic E-state index is 0.134. The second kappa shape index (κ2) is 15.5. The maximum absolute atomic E-state index is 9.85. The number of ether oxygens (including phenoxy) is 8. The largest absolute Gasteiger partial charge is 0.488 e. The highest BCUT2D eigenvalue weighted by Crippen LogP contribution is 2.12.